The van der Waals surface area contributed by atoms with Gasteiger partial charge in [0.05, 0.1) is 0 Å². The van der Waals surface area contributed by atoms with Crippen LogP contribution in [0.25, 0.3) is 0 Å². The average molecular weight is 296 g/mol. The van der Waals surface area contributed by atoms with Gasteiger partial charge in [-0.15, -0.1) is 0 Å². The van der Waals surface area contributed by atoms with Crippen molar-refractivity contribution in [1.82, 2.24) is 15.1 Å². The molecule has 2 fully saturated rings. The van der Waals surface area contributed by atoms with Crippen molar-refractivity contribution in [3.8, 4) is 0 Å². The van der Waals surface area contributed by atoms with Gasteiger partial charge in [-0.1, -0.05) is 26.7 Å². The van der Waals surface area contributed by atoms with E-state index < -0.39 is 0 Å². The van der Waals surface area contributed by atoms with Crippen molar-refractivity contribution in [3.63, 3.8) is 0 Å². The maximum absolute atomic E-state index is 3.67. The minimum Gasteiger partial charge on any atom is -0.316 e. The summed E-state index contributed by atoms with van der Waals surface area (Å²) in [6.45, 7) is 14.5. The monoisotopic (exact) mass is 295 g/mol. The molecule has 1 heterocycles. The lowest BCUT2D eigenvalue weighted by atomic mass is 9.70. The van der Waals surface area contributed by atoms with E-state index in [1.165, 1.54) is 64.8 Å². The van der Waals surface area contributed by atoms with Crippen molar-refractivity contribution in [2.75, 3.05) is 46.3 Å². The Morgan fingerprint density at radius 2 is 1.86 bits per heavy atom. The molecule has 1 atom stereocenters. The van der Waals surface area contributed by atoms with Crippen molar-refractivity contribution in [2.24, 2.45) is 11.3 Å². The van der Waals surface area contributed by atoms with Crippen LogP contribution in [0.1, 0.15) is 52.9 Å². The van der Waals surface area contributed by atoms with Crippen LogP contribution in [0.2, 0.25) is 0 Å². The zero-order valence-corrected chi connectivity index (χ0v) is 14.8. The highest BCUT2D eigenvalue weighted by Crippen LogP contribution is 2.39. The van der Waals surface area contributed by atoms with Crippen LogP contribution in [-0.4, -0.2) is 62.2 Å². The molecular formula is C18H37N3. The first-order chi connectivity index (χ1) is 10.0. The summed E-state index contributed by atoms with van der Waals surface area (Å²) in [7, 11) is 2.27. The van der Waals surface area contributed by atoms with E-state index in [0.29, 0.717) is 11.5 Å². The summed E-state index contributed by atoms with van der Waals surface area (Å²) in [6.07, 6.45) is 7.01. The molecule has 0 amide bonds. The second-order valence-corrected chi connectivity index (χ2v) is 7.90. The van der Waals surface area contributed by atoms with Gasteiger partial charge in [0.15, 0.2) is 0 Å². The molecule has 0 aromatic rings. The van der Waals surface area contributed by atoms with Gasteiger partial charge < -0.3 is 10.2 Å². The lowest BCUT2D eigenvalue weighted by Gasteiger charge is -2.44. The van der Waals surface area contributed by atoms with Crippen LogP contribution in [0.15, 0.2) is 0 Å². The molecule has 0 aromatic carbocycles. The Kier molecular flexibility index (Phi) is 6.51. The molecule has 0 radical (unpaired) electrons. The molecule has 124 valence electrons. The number of rotatable bonds is 5. The molecule has 21 heavy (non-hydrogen) atoms. The summed E-state index contributed by atoms with van der Waals surface area (Å²) < 4.78 is 0. The highest BCUT2D eigenvalue weighted by Gasteiger charge is 2.36. The molecule has 1 saturated carbocycles. The summed E-state index contributed by atoms with van der Waals surface area (Å²) in [5.74, 6) is 0.937. The van der Waals surface area contributed by atoms with Crippen molar-refractivity contribution >= 4 is 0 Å². The molecule has 1 unspecified atom stereocenters. The van der Waals surface area contributed by atoms with E-state index in [1.54, 1.807) is 0 Å². The first-order valence-corrected chi connectivity index (χ1v) is 9.18. The molecule has 0 bridgehead atoms. The fourth-order valence-corrected chi connectivity index (χ4v) is 4.24. The van der Waals surface area contributed by atoms with E-state index in [0.717, 1.165) is 12.5 Å². The van der Waals surface area contributed by atoms with Crippen molar-refractivity contribution < 1.29 is 0 Å². The van der Waals surface area contributed by atoms with E-state index in [9.17, 15) is 0 Å². The lowest BCUT2D eigenvalue weighted by molar-refractivity contribution is 0.0681. The zero-order valence-electron chi connectivity index (χ0n) is 14.8. The largest absolute Gasteiger partial charge is 0.316 e. The van der Waals surface area contributed by atoms with Gasteiger partial charge in [0.1, 0.15) is 0 Å². The van der Waals surface area contributed by atoms with Gasteiger partial charge in [-0.05, 0) is 64.2 Å². The first kappa shape index (κ1) is 17.2. The van der Waals surface area contributed by atoms with E-state index in [-0.39, 0.29) is 0 Å². The van der Waals surface area contributed by atoms with Gasteiger partial charge >= 0.3 is 0 Å². The number of likely N-dealkylation sites (N-methyl/N-ethyl adjacent to an activating group) is 1. The summed E-state index contributed by atoms with van der Waals surface area (Å²) in [4.78, 5) is 5.29. The van der Waals surface area contributed by atoms with E-state index in [2.05, 4.69) is 42.9 Å². The SMILES string of the molecule is CCNCC1(CN2CCCN(C)CC2C)CCC(C)CC1. The maximum Gasteiger partial charge on any atom is 0.0195 e. The van der Waals surface area contributed by atoms with Crippen LogP contribution in [0, 0.1) is 11.3 Å². The Balaban J connectivity index is 2.00. The second kappa shape index (κ2) is 7.94. The number of nitrogens with zero attached hydrogens (tertiary/aromatic N) is 2. The van der Waals surface area contributed by atoms with Crippen LogP contribution in [0.4, 0.5) is 0 Å². The Morgan fingerprint density at radius 1 is 1.14 bits per heavy atom. The number of hydrogen-bond donors (Lipinski definition) is 1. The van der Waals surface area contributed by atoms with Crippen molar-refractivity contribution in [1.29, 1.82) is 0 Å². The second-order valence-electron chi connectivity index (χ2n) is 7.90. The Labute approximate surface area is 132 Å². The number of hydrogen-bond acceptors (Lipinski definition) is 3. The quantitative estimate of drug-likeness (QED) is 0.841. The third kappa shape index (κ3) is 4.94. The molecule has 1 saturated heterocycles. The fourth-order valence-electron chi connectivity index (χ4n) is 4.24. The standard InChI is InChI=1S/C18H37N3/c1-5-19-14-18(9-7-16(2)8-10-18)15-21-12-6-11-20(4)13-17(21)3/h16-17,19H,5-15H2,1-4H3. The molecule has 0 spiro atoms. The lowest BCUT2D eigenvalue weighted by Crippen LogP contribution is -2.49. The summed E-state index contributed by atoms with van der Waals surface area (Å²) >= 11 is 0. The Morgan fingerprint density at radius 3 is 2.52 bits per heavy atom. The zero-order chi connectivity index (χ0) is 15.3. The van der Waals surface area contributed by atoms with Crippen LogP contribution in [-0.2, 0) is 0 Å². The van der Waals surface area contributed by atoms with Crippen LogP contribution < -0.4 is 5.32 Å². The molecule has 2 aliphatic rings. The van der Waals surface area contributed by atoms with Crippen molar-refractivity contribution in [2.45, 2.75) is 58.9 Å². The van der Waals surface area contributed by atoms with Crippen molar-refractivity contribution in [3.05, 3.63) is 0 Å². The van der Waals surface area contributed by atoms with Crippen LogP contribution in [0.5, 0.6) is 0 Å². The normalized spacial score (nSPS) is 36.6. The summed E-state index contributed by atoms with van der Waals surface area (Å²) in [5.41, 5.74) is 0.527. The fraction of sp³-hybridized carbons (Fsp3) is 1.00. The smallest absolute Gasteiger partial charge is 0.0195 e. The minimum atomic E-state index is 0.527. The molecule has 2 rings (SSSR count). The van der Waals surface area contributed by atoms with Gasteiger partial charge in [0.25, 0.3) is 0 Å². The third-order valence-corrected chi connectivity index (χ3v) is 5.81. The third-order valence-electron chi connectivity index (χ3n) is 5.81. The minimum absolute atomic E-state index is 0.527. The van der Waals surface area contributed by atoms with Gasteiger partial charge in [-0.25, -0.2) is 0 Å². The Hall–Kier alpha value is -0.120. The predicted octanol–water partition coefficient (Wildman–Crippen LogP) is 2.82. The molecule has 0 aromatic heterocycles. The summed E-state index contributed by atoms with van der Waals surface area (Å²) in [6, 6.07) is 0.704. The molecule has 1 aliphatic heterocycles. The molecule has 3 nitrogen and oxygen atoms in total. The highest BCUT2D eigenvalue weighted by molar-refractivity contribution is 4.91. The van der Waals surface area contributed by atoms with E-state index in [1.807, 2.05) is 0 Å². The summed E-state index contributed by atoms with van der Waals surface area (Å²) in [5, 5.41) is 3.67. The van der Waals surface area contributed by atoms with Gasteiger partial charge in [-0.2, -0.15) is 0 Å². The van der Waals surface area contributed by atoms with Gasteiger partial charge in [0.2, 0.25) is 0 Å². The van der Waals surface area contributed by atoms with Gasteiger partial charge in [-0.3, -0.25) is 4.90 Å². The Bertz CT molecular complexity index is 291. The van der Waals surface area contributed by atoms with Gasteiger partial charge in [0, 0.05) is 25.7 Å². The van der Waals surface area contributed by atoms with Crippen LogP contribution in [0.3, 0.4) is 0 Å². The van der Waals surface area contributed by atoms with Crippen LogP contribution >= 0.6 is 0 Å². The molecule has 1 N–H and O–H groups in total. The molecule has 3 heteroatoms. The molecule has 1 aliphatic carbocycles. The topological polar surface area (TPSA) is 18.5 Å². The predicted molar refractivity (Wildman–Crippen MR) is 91.8 cm³/mol. The molecular weight excluding hydrogens is 258 g/mol. The maximum atomic E-state index is 3.67. The van der Waals surface area contributed by atoms with E-state index in [4.69, 9.17) is 0 Å². The van der Waals surface area contributed by atoms with E-state index >= 15 is 0 Å². The first-order valence-electron chi connectivity index (χ1n) is 9.18. The average Bonchev–Trinajstić information content (AvgIpc) is 2.61. The number of nitrogens with one attached hydrogen (secondary N) is 1. The highest BCUT2D eigenvalue weighted by atomic mass is 15.2.